The lowest BCUT2D eigenvalue weighted by Gasteiger charge is -2.20. The summed E-state index contributed by atoms with van der Waals surface area (Å²) in [5.41, 5.74) is -1.10. The van der Waals surface area contributed by atoms with Crippen LogP contribution in [0.1, 0.15) is 40.0 Å². The van der Waals surface area contributed by atoms with E-state index in [1.165, 1.54) is 7.11 Å². The maximum atomic E-state index is 11.6. The van der Waals surface area contributed by atoms with Crippen molar-refractivity contribution in [3.05, 3.63) is 0 Å². The molecule has 0 saturated heterocycles. The van der Waals surface area contributed by atoms with Crippen molar-refractivity contribution < 1.29 is 14.3 Å². The van der Waals surface area contributed by atoms with Crippen molar-refractivity contribution in [2.24, 2.45) is 5.41 Å². The number of rotatable bonds is 6. The van der Waals surface area contributed by atoms with Gasteiger partial charge in [0.1, 0.15) is 5.41 Å². The second-order valence-electron chi connectivity index (χ2n) is 4.08. The van der Waals surface area contributed by atoms with Gasteiger partial charge in [0.05, 0.1) is 7.11 Å². The van der Waals surface area contributed by atoms with Crippen molar-refractivity contribution in [1.82, 2.24) is 5.32 Å². The van der Waals surface area contributed by atoms with Crippen molar-refractivity contribution >= 4 is 11.9 Å². The van der Waals surface area contributed by atoms with Crippen LogP contribution in [-0.4, -0.2) is 25.5 Å². The van der Waals surface area contributed by atoms with Gasteiger partial charge in [0.15, 0.2) is 0 Å². The summed E-state index contributed by atoms with van der Waals surface area (Å²) in [6.07, 6.45) is 3.13. The van der Waals surface area contributed by atoms with Crippen LogP contribution in [-0.2, 0) is 14.3 Å². The van der Waals surface area contributed by atoms with E-state index in [-0.39, 0.29) is 5.91 Å². The van der Waals surface area contributed by atoms with E-state index in [2.05, 4.69) is 17.0 Å². The number of esters is 1. The lowest BCUT2D eigenvalue weighted by atomic mass is 9.92. The molecule has 0 aromatic carbocycles. The lowest BCUT2D eigenvalue weighted by molar-refractivity contribution is -0.156. The normalized spacial score (nSPS) is 10.9. The third kappa shape index (κ3) is 4.32. The fourth-order valence-corrected chi connectivity index (χ4v) is 1.15. The zero-order valence-corrected chi connectivity index (χ0v) is 10.1. The molecule has 0 spiro atoms. The quantitative estimate of drug-likeness (QED) is 0.415. The number of ether oxygens (including phenoxy) is 1. The SMILES string of the molecule is CCCCCNC(=O)C(C)(C)C(=O)OC. The van der Waals surface area contributed by atoms with Gasteiger partial charge in [0.2, 0.25) is 5.91 Å². The molecule has 0 radical (unpaired) electrons. The highest BCUT2D eigenvalue weighted by atomic mass is 16.5. The van der Waals surface area contributed by atoms with Crippen LogP contribution < -0.4 is 5.32 Å². The standard InChI is InChI=1S/C11H21NO3/c1-5-6-7-8-12-9(13)11(2,3)10(14)15-4/h5-8H2,1-4H3,(H,12,13). The van der Waals surface area contributed by atoms with Crippen molar-refractivity contribution in [1.29, 1.82) is 0 Å². The second kappa shape index (κ2) is 6.43. The van der Waals surface area contributed by atoms with E-state index >= 15 is 0 Å². The molecule has 1 amide bonds. The molecule has 1 N–H and O–H groups in total. The molecule has 4 nitrogen and oxygen atoms in total. The van der Waals surface area contributed by atoms with Crippen LogP contribution in [0.5, 0.6) is 0 Å². The maximum absolute atomic E-state index is 11.6. The van der Waals surface area contributed by atoms with E-state index in [1.807, 2.05) is 0 Å². The maximum Gasteiger partial charge on any atom is 0.320 e. The van der Waals surface area contributed by atoms with E-state index in [0.29, 0.717) is 6.54 Å². The molecule has 0 unspecified atom stereocenters. The Morgan fingerprint density at radius 2 is 1.87 bits per heavy atom. The first-order chi connectivity index (χ1) is 6.96. The number of amides is 1. The minimum absolute atomic E-state index is 0.273. The number of hydrogen-bond donors (Lipinski definition) is 1. The molecule has 4 heteroatoms. The van der Waals surface area contributed by atoms with Crippen LogP contribution in [0.4, 0.5) is 0 Å². The van der Waals surface area contributed by atoms with E-state index < -0.39 is 11.4 Å². The molecule has 0 aromatic rings. The Labute approximate surface area is 91.4 Å². The van der Waals surface area contributed by atoms with Gasteiger partial charge in [-0.25, -0.2) is 0 Å². The molecule has 0 rings (SSSR count). The molecule has 0 heterocycles. The number of methoxy groups -OCH3 is 1. The van der Waals surface area contributed by atoms with Gasteiger partial charge < -0.3 is 10.1 Å². The number of hydrogen-bond acceptors (Lipinski definition) is 3. The number of nitrogens with one attached hydrogen (secondary N) is 1. The topological polar surface area (TPSA) is 55.4 Å². The molecule has 0 aliphatic heterocycles. The summed E-state index contributed by atoms with van der Waals surface area (Å²) in [6.45, 7) is 5.84. The number of carbonyl (C=O) groups is 2. The minimum atomic E-state index is -1.10. The van der Waals surface area contributed by atoms with Gasteiger partial charge in [-0.05, 0) is 20.3 Å². The van der Waals surface area contributed by atoms with Crippen LogP contribution in [0, 0.1) is 5.41 Å². The summed E-state index contributed by atoms with van der Waals surface area (Å²) in [5.74, 6) is -0.777. The smallest absolute Gasteiger partial charge is 0.320 e. The molecule has 0 bridgehead atoms. The number of unbranched alkanes of at least 4 members (excludes halogenated alkanes) is 2. The Morgan fingerprint density at radius 3 is 2.33 bits per heavy atom. The summed E-state index contributed by atoms with van der Waals surface area (Å²) >= 11 is 0. The fraction of sp³-hybridized carbons (Fsp3) is 0.818. The Bertz CT molecular complexity index is 224. The predicted octanol–water partition coefficient (Wildman–Crippen LogP) is 1.49. The summed E-state index contributed by atoms with van der Waals surface area (Å²) in [5, 5.41) is 2.73. The van der Waals surface area contributed by atoms with Crippen molar-refractivity contribution in [2.75, 3.05) is 13.7 Å². The molecule has 15 heavy (non-hydrogen) atoms. The predicted molar refractivity (Wildman–Crippen MR) is 58.3 cm³/mol. The average Bonchev–Trinajstić information content (AvgIpc) is 2.22. The third-order valence-electron chi connectivity index (χ3n) is 2.33. The van der Waals surface area contributed by atoms with Gasteiger partial charge in [0, 0.05) is 6.54 Å². The van der Waals surface area contributed by atoms with Crippen LogP contribution in [0.2, 0.25) is 0 Å². The Kier molecular flexibility index (Phi) is 5.97. The minimum Gasteiger partial charge on any atom is -0.468 e. The molecule has 88 valence electrons. The van der Waals surface area contributed by atoms with E-state index in [9.17, 15) is 9.59 Å². The van der Waals surface area contributed by atoms with Gasteiger partial charge in [-0.2, -0.15) is 0 Å². The Balaban J connectivity index is 4.03. The zero-order valence-electron chi connectivity index (χ0n) is 10.1. The second-order valence-corrected chi connectivity index (χ2v) is 4.08. The fourth-order valence-electron chi connectivity index (χ4n) is 1.15. The molecule has 0 atom stereocenters. The summed E-state index contributed by atoms with van der Waals surface area (Å²) in [7, 11) is 1.29. The van der Waals surface area contributed by atoms with Crippen LogP contribution in [0.25, 0.3) is 0 Å². The molecule has 0 aliphatic rings. The summed E-state index contributed by atoms with van der Waals surface area (Å²) in [6, 6.07) is 0. The molecule has 0 aliphatic carbocycles. The van der Waals surface area contributed by atoms with Crippen LogP contribution in [0.15, 0.2) is 0 Å². The van der Waals surface area contributed by atoms with Crippen LogP contribution in [0.3, 0.4) is 0 Å². The van der Waals surface area contributed by atoms with E-state index in [1.54, 1.807) is 13.8 Å². The van der Waals surface area contributed by atoms with Crippen molar-refractivity contribution in [2.45, 2.75) is 40.0 Å². The molecular formula is C11H21NO3. The first kappa shape index (κ1) is 13.9. The van der Waals surface area contributed by atoms with Gasteiger partial charge in [-0.15, -0.1) is 0 Å². The highest BCUT2D eigenvalue weighted by molar-refractivity contribution is 6.01. The monoisotopic (exact) mass is 215 g/mol. The zero-order chi connectivity index (χ0) is 11.9. The van der Waals surface area contributed by atoms with Gasteiger partial charge in [-0.1, -0.05) is 19.8 Å². The average molecular weight is 215 g/mol. The first-order valence-electron chi connectivity index (χ1n) is 5.33. The molecule has 0 aromatic heterocycles. The molecule has 0 saturated carbocycles. The van der Waals surface area contributed by atoms with E-state index in [0.717, 1.165) is 19.3 Å². The highest BCUT2D eigenvalue weighted by Gasteiger charge is 2.36. The highest BCUT2D eigenvalue weighted by Crippen LogP contribution is 2.16. The van der Waals surface area contributed by atoms with E-state index in [4.69, 9.17) is 0 Å². The van der Waals surface area contributed by atoms with Crippen molar-refractivity contribution in [3.63, 3.8) is 0 Å². The van der Waals surface area contributed by atoms with Crippen LogP contribution >= 0.6 is 0 Å². The first-order valence-corrected chi connectivity index (χ1v) is 5.33. The molecular weight excluding hydrogens is 194 g/mol. The number of carbonyl (C=O) groups excluding carboxylic acids is 2. The summed E-state index contributed by atoms with van der Waals surface area (Å²) in [4.78, 5) is 22.9. The van der Waals surface area contributed by atoms with Crippen molar-refractivity contribution in [3.8, 4) is 0 Å². The summed E-state index contributed by atoms with van der Waals surface area (Å²) < 4.78 is 4.56. The lowest BCUT2D eigenvalue weighted by Crippen LogP contribution is -2.43. The molecule has 0 fully saturated rings. The largest absolute Gasteiger partial charge is 0.468 e. The van der Waals surface area contributed by atoms with Gasteiger partial charge in [-0.3, -0.25) is 9.59 Å². The Morgan fingerprint density at radius 1 is 1.27 bits per heavy atom. The Hall–Kier alpha value is -1.06. The van der Waals surface area contributed by atoms with Gasteiger partial charge >= 0.3 is 5.97 Å². The third-order valence-corrected chi connectivity index (χ3v) is 2.33. The van der Waals surface area contributed by atoms with Gasteiger partial charge in [0.25, 0.3) is 0 Å².